The van der Waals surface area contributed by atoms with Crippen LogP contribution in [0.5, 0.6) is 5.88 Å². The van der Waals surface area contributed by atoms with Crippen LogP contribution in [0, 0.1) is 23.4 Å². The lowest BCUT2D eigenvalue weighted by molar-refractivity contribution is 0.265. The molecule has 4 rings (SSSR count). The van der Waals surface area contributed by atoms with E-state index in [1.54, 1.807) is 0 Å². The van der Waals surface area contributed by atoms with Crippen LogP contribution in [0.25, 0.3) is 22.4 Å². The molecule has 0 aliphatic heterocycles. The van der Waals surface area contributed by atoms with Gasteiger partial charge in [0.1, 0.15) is 21.9 Å². The molecule has 178 valence electrons. The molecule has 0 fully saturated rings. The number of nitrogens with zero attached hydrogens (tertiary/aromatic N) is 3. The van der Waals surface area contributed by atoms with Crippen molar-refractivity contribution in [2.45, 2.75) is 18.7 Å². The van der Waals surface area contributed by atoms with Crippen LogP contribution in [-0.4, -0.2) is 35.2 Å². The Kier molecular flexibility index (Phi) is 6.04. The van der Waals surface area contributed by atoms with Crippen molar-refractivity contribution < 1.29 is 26.3 Å². The van der Waals surface area contributed by atoms with E-state index in [2.05, 4.69) is 24.9 Å². The second-order valence-corrected chi connectivity index (χ2v) is 9.42. The Bertz CT molecular complexity index is 1470. The lowest BCUT2D eigenvalue weighted by Gasteiger charge is -2.11. The van der Waals surface area contributed by atoms with Crippen molar-refractivity contribution in [3.8, 4) is 17.3 Å². The fourth-order valence-electron chi connectivity index (χ4n) is 3.00. The van der Waals surface area contributed by atoms with Crippen LogP contribution in [0.4, 0.5) is 24.7 Å². The zero-order valence-corrected chi connectivity index (χ0v) is 18.8. The fraction of sp³-hybridized carbons (Fsp3) is 0.190. The highest BCUT2D eigenvalue weighted by Gasteiger charge is 2.23. The van der Waals surface area contributed by atoms with Gasteiger partial charge >= 0.3 is 0 Å². The fourth-order valence-corrected chi connectivity index (χ4v) is 4.13. The highest BCUT2D eigenvalue weighted by atomic mass is 32.2. The van der Waals surface area contributed by atoms with Crippen molar-refractivity contribution in [3.05, 3.63) is 53.8 Å². The SMILES string of the molecule is CC(C)COc1nc(-c2ccc(NS(=O)(=O)c3cc(F)c(F)cc3F)cc2)nc2n[nH]c(N)c12. The standard InChI is InChI=1S/C21H19F3N6O3S/c1-10(2)9-33-21-17-18(25)28-29-20(17)26-19(27-21)11-3-5-12(6-4-11)30-34(31,32)16-8-14(23)13(22)7-15(16)24/h3-8,10,30H,9H2,1-2H3,(H3,25,26,27,28,29). The van der Waals surface area contributed by atoms with E-state index in [1.807, 2.05) is 13.8 Å². The van der Waals surface area contributed by atoms with Crippen molar-refractivity contribution in [2.75, 3.05) is 17.1 Å². The van der Waals surface area contributed by atoms with Gasteiger partial charge in [-0.2, -0.15) is 10.1 Å². The van der Waals surface area contributed by atoms with Crippen LogP contribution < -0.4 is 15.2 Å². The molecule has 0 saturated heterocycles. The van der Waals surface area contributed by atoms with Gasteiger partial charge in [-0.05, 0) is 30.2 Å². The highest BCUT2D eigenvalue weighted by molar-refractivity contribution is 7.92. The Balaban J connectivity index is 1.63. The maximum Gasteiger partial charge on any atom is 0.264 e. The number of halogens is 3. The van der Waals surface area contributed by atoms with Crippen LogP contribution >= 0.6 is 0 Å². The molecule has 0 atom stereocenters. The molecule has 4 aromatic rings. The van der Waals surface area contributed by atoms with E-state index < -0.39 is 32.4 Å². The molecule has 0 spiro atoms. The summed E-state index contributed by atoms with van der Waals surface area (Å²) >= 11 is 0. The third kappa shape index (κ3) is 4.59. The van der Waals surface area contributed by atoms with Crippen molar-refractivity contribution in [2.24, 2.45) is 5.92 Å². The summed E-state index contributed by atoms with van der Waals surface area (Å²) in [5.41, 5.74) is 6.75. The first-order valence-electron chi connectivity index (χ1n) is 9.97. The average Bonchev–Trinajstić information content (AvgIpc) is 3.15. The summed E-state index contributed by atoms with van der Waals surface area (Å²) in [6.45, 7) is 4.34. The van der Waals surface area contributed by atoms with Crippen molar-refractivity contribution >= 4 is 32.6 Å². The van der Waals surface area contributed by atoms with Crippen LogP contribution in [-0.2, 0) is 10.0 Å². The largest absolute Gasteiger partial charge is 0.477 e. The zero-order valence-electron chi connectivity index (χ0n) is 17.9. The summed E-state index contributed by atoms with van der Waals surface area (Å²) in [4.78, 5) is 7.75. The quantitative estimate of drug-likeness (QED) is 0.333. The van der Waals surface area contributed by atoms with Crippen molar-refractivity contribution in [1.29, 1.82) is 0 Å². The topological polar surface area (TPSA) is 136 Å². The number of rotatable bonds is 7. The molecule has 2 aromatic heterocycles. The van der Waals surface area contributed by atoms with E-state index in [9.17, 15) is 21.6 Å². The minimum atomic E-state index is -4.52. The Labute approximate surface area is 192 Å². The molecule has 0 unspecified atom stereocenters. The summed E-state index contributed by atoms with van der Waals surface area (Å²) in [6, 6.07) is 6.24. The Morgan fingerprint density at radius 3 is 2.41 bits per heavy atom. The molecule has 0 radical (unpaired) electrons. The van der Waals surface area contributed by atoms with Crippen molar-refractivity contribution in [3.63, 3.8) is 0 Å². The molecule has 2 heterocycles. The molecular formula is C21H19F3N6O3S. The first-order valence-corrected chi connectivity index (χ1v) is 11.5. The van der Waals surface area contributed by atoms with Crippen LogP contribution in [0.3, 0.4) is 0 Å². The lowest BCUT2D eigenvalue weighted by Crippen LogP contribution is -2.15. The number of hydrogen-bond acceptors (Lipinski definition) is 7. The smallest absolute Gasteiger partial charge is 0.264 e. The molecule has 0 aliphatic carbocycles. The summed E-state index contributed by atoms with van der Waals surface area (Å²) in [7, 11) is -4.52. The van der Waals surface area contributed by atoms with Crippen LogP contribution in [0.2, 0.25) is 0 Å². The minimum absolute atomic E-state index is 0.0502. The summed E-state index contributed by atoms with van der Waals surface area (Å²) in [6.07, 6.45) is 0. The van der Waals surface area contributed by atoms with Crippen LogP contribution in [0.1, 0.15) is 13.8 Å². The first kappa shape index (κ1) is 23.3. The number of hydrogen-bond donors (Lipinski definition) is 3. The zero-order chi connectivity index (χ0) is 24.6. The predicted molar refractivity (Wildman–Crippen MR) is 119 cm³/mol. The molecule has 2 aromatic carbocycles. The number of ether oxygens (including phenoxy) is 1. The van der Waals surface area contributed by atoms with E-state index >= 15 is 0 Å². The lowest BCUT2D eigenvalue weighted by atomic mass is 10.2. The Morgan fingerprint density at radius 1 is 1.06 bits per heavy atom. The molecule has 9 nitrogen and oxygen atoms in total. The third-order valence-corrected chi connectivity index (χ3v) is 6.02. The number of anilines is 2. The maximum absolute atomic E-state index is 13.9. The maximum atomic E-state index is 13.9. The Hall–Kier alpha value is -3.87. The second kappa shape index (κ2) is 8.82. The van der Waals surface area contributed by atoms with Gasteiger partial charge in [0.05, 0.1) is 6.61 Å². The molecule has 0 aliphatic rings. The molecule has 0 saturated carbocycles. The molecule has 13 heteroatoms. The predicted octanol–water partition coefficient (Wildman–Crippen LogP) is 3.86. The number of nitrogens with two attached hydrogens (primary N) is 1. The van der Waals surface area contributed by atoms with Gasteiger partial charge in [-0.25, -0.2) is 26.6 Å². The van der Waals surface area contributed by atoms with Gasteiger partial charge in [-0.15, -0.1) is 0 Å². The van der Waals surface area contributed by atoms with Gasteiger partial charge in [0, 0.05) is 23.4 Å². The minimum Gasteiger partial charge on any atom is -0.477 e. The third-order valence-electron chi connectivity index (χ3n) is 4.62. The molecule has 4 N–H and O–H groups in total. The summed E-state index contributed by atoms with van der Waals surface area (Å²) < 4.78 is 73.3. The number of fused-ring (bicyclic) bond motifs is 1. The number of H-pyrrole nitrogens is 1. The molecule has 0 amide bonds. The summed E-state index contributed by atoms with van der Waals surface area (Å²) in [5.74, 6) is -3.41. The Morgan fingerprint density at radius 2 is 1.74 bits per heavy atom. The molecule has 34 heavy (non-hydrogen) atoms. The van der Waals surface area contributed by atoms with Gasteiger partial charge in [-0.3, -0.25) is 9.82 Å². The summed E-state index contributed by atoms with van der Waals surface area (Å²) in [5, 5.41) is 7.13. The number of aromatic amines is 1. The monoisotopic (exact) mass is 492 g/mol. The van der Waals surface area contributed by atoms with Gasteiger partial charge in [0.2, 0.25) is 5.88 Å². The normalized spacial score (nSPS) is 11.8. The van der Waals surface area contributed by atoms with Crippen molar-refractivity contribution in [1.82, 2.24) is 20.2 Å². The first-order chi connectivity index (χ1) is 16.0. The van der Waals surface area contributed by atoms with Gasteiger partial charge in [0.15, 0.2) is 23.1 Å². The number of aromatic nitrogens is 4. The van der Waals surface area contributed by atoms with E-state index in [0.29, 0.717) is 23.2 Å². The van der Waals surface area contributed by atoms with Gasteiger partial charge < -0.3 is 10.5 Å². The average molecular weight is 492 g/mol. The molecule has 0 bridgehead atoms. The number of benzene rings is 2. The van der Waals surface area contributed by atoms with E-state index in [0.717, 1.165) is 0 Å². The second-order valence-electron chi connectivity index (χ2n) is 7.77. The van der Waals surface area contributed by atoms with E-state index in [1.165, 1.54) is 24.3 Å². The highest BCUT2D eigenvalue weighted by Crippen LogP contribution is 2.30. The van der Waals surface area contributed by atoms with Gasteiger partial charge in [-0.1, -0.05) is 13.8 Å². The van der Waals surface area contributed by atoms with E-state index in [4.69, 9.17) is 10.5 Å². The number of nitrogen functional groups attached to an aromatic ring is 1. The number of nitrogens with one attached hydrogen (secondary N) is 2. The van der Waals surface area contributed by atoms with Gasteiger partial charge in [0.25, 0.3) is 10.0 Å². The van der Waals surface area contributed by atoms with E-state index in [-0.39, 0.29) is 41.3 Å². The molecular weight excluding hydrogens is 473 g/mol. The number of sulfonamides is 1. The van der Waals surface area contributed by atoms with Crippen LogP contribution in [0.15, 0.2) is 41.3 Å².